The molecule has 4 heterocycles. The molecule has 54 heavy (non-hydrogen) atoms. The zero-order chi connectivity index (χ0) is 38.4. The average molecular weight is 744 g/mol. The average Bonchev–Trinajstić information content (AvgIpc) is 3.83. The van der Waals surface area contributed by atoms with Crippen LogP contribution in [0, 0.1) is 5.92 Å². The van der Waals surface area contributed by atoms with Crippen LogP contribution in [0.5, 0.6) is 0 Å². The number of nitrogens with zero attached hydrogens (tertiary/aromatic N) is 3. The first-order chi connectivity index (χ1) is 26.0. The first-order valence-corrected chi connectivity index (χ1v) is 18.9. The lowest BCUT2D eigenvalue weighted by molar-refractivity contribution is -0.158. The van der Waals surface area contributed by atoms with Gasteiger partial charge in [-0.15, -0.1) is 0 Å². The van der Waals surface area contributed by atoms with E-state index >= 15 is 0 Å². The van der Waals surface area contributed by atoms with Gasteiger partial charge in [-0.3, -0.25) is 24.0 Å². The molecule has 0 bridgehead atoms. The summed E-state index contributed by atoms with van der Waals surface area (Å²) in [5.74, 6) is -3.44. The van der Waals surface area contributed by atoms with Crippen molar-refractivity contribution in [1.82, 2.24) is 30.7 Å². The number of carbonyl (C=O) groups is 7. The van der Waals surface area contributed by atoms with E-state index in [9.17, 15) is 33.6 Å². The Hall–Kier alpha value is -5.47. The number of esters is 1. The second-order valence-corrected chi connectivity index (χ2v) is 14.7. The molecule has 7 amide bonds. The third kappa shape index (κ3) is 8.83. The highest BCUT2D eigenvalue weighted by atomic mass is 16.5. The number of carbonyl (C=O) groups excluding carboxylic acids is 7. The Morgan fingerprint density at radius 2 is 1.46 bits per heavy atom. The van der Waals surface area contributed by atoms with Crippen molar-refractivity contribution in [3.05, 3.63) is 66.2 Å². The molecule has 0 radical (unpaired) electrons. The Morgan fingerprint density at radius 1 is 0.796 bits per heavy atom. The minimum absolute atomic E-state index is 0.0442. The van der Waals surface area contributed by atoms with Crippen LogP contribution in [0.25, 0.3) is 0 Å². The Labute approximate surface area is 314 Å². The van der Waals surface area contributed by atoms with Crippen molar-refractivity contribution in [2.24, 2.45) is 5.92 Å². The van der Waals surface area contributed by atoms with Gasteiger partial charge in [-0.25, -0.2) is 9.59 Å². The molecule has 4 fully saturated rings. The van der Waals surface area contributed by atoms with Crippen molar-refractivity contribution in [2.45, 2.75) is 95.0 Å². The van der Waals surface area contributed by atoms with Gasteiger partial charge < -0.3 is 40.7 Å². The summed E-state index contributed by atoms with van der Waals surface area (Å²) in [6.07, 6.45) is 3.04. The second kappa shape index (κ2) is 17.1. The van der Waals surface area contributed by atoms with E-state index in [1.807, 2.05) is 13.0 Å². The molecule has 288 valence electrons. The summed E-state index contributed by atoms with van der Waals surface area (Å²) in [5, 5.41) is 11.0. The van der Waals surface area contributed by atoms with Crippen molar-refractivity contribution in [3.63, 3.8) is 0 Å². The second-order valence-electron chi connectivity index (χ2n) is 14.7. The van der Waals surface area contributed by atoms with Crippen LogP contribution in [0.4, 0.5) is 10.5 Å². The molecule has 15 heteroatoms. The molecule has 4 saturated heterocycles. The van der Waals surface area contributed by atoms with Crippen LogP contribution in [0.3, 0.4) is 0 Å². The Balaban J connectivity index is 1.30. The fourth-order valence-electron chi connectivity index (χ4n) is 7.89. The molecule has 4 aliphatic rings. The monoisotopic (exact) mass is 743 g/mol. The Morgan fingerprint density at radius 3 is 2.20 bits per heavy atom. The van der Waals surface area contributed by atoms with Crippen LogP contribution in [0.15, 0.2) is 60.7 Å². The minimum Gasteiger partial charge on any atom is -0.461 e. The molecule has 0 unspecified atom stereocenters. The number of nitrogens with one attached hydrogen (secondary N) is 4. The topological polar surface area (TPSA) is 187 Å². The summed E-state index contributed by atoms with van der Waals surface area (Å²) >= 11 is 0. The molecular weight excluding hydrogens is 694 g/mol. The minimum atomic E-state index is -1.43. The van der Waals surface area contributed by atoms with Gasteiger partial charge >= 0.3 is 12.0 Å². The van der Waals surface area contributed by atoms with Gasteiger partial charge in [0, 0.05) is 31.7 Å². The van der Waals surface area contributed by atoms with Gasteiger partial charge in [0.1, 0.15) is 42.9 Å². The summed E-state index contributed by atoms with van der Waals surface area (Å²) in [6, 6.07) is 10.9. The van der Waals surface area contributed by atoms with Crippen LogP contribution >= 0.6 is 0 Å². The van der Waals surface area contributed by atoms with Crippen molar-refractivity contribution < 1.29 is 38.3 Å². The number of benzene rings is 2. The Kier molecular flexibility index (Phi) is 12.1. The molecule has 0 aromatic heterocycles. The SMILES string of the molecule is C[C@@H]1C[C@H]2C(=O)OC[C@H](NC(=O)[C@H](Cc3ccccc3)NC(=O)Nc3ccccc3)C(=O)N3CCC[C@H]3C(=O)N3CCCC[C@H]3C(=O)N[C@@H](C)C(=O)N2C1. The van der Waals surface area contributed by atoms with Crippen molar-refractivity contribution in [2.75, 3.05) is 31.6 Å². The normalized spacial score (nSPS) is 27.2. The number of fused-ring (bicyclic) bond motifs is 3. The first kappa shape index (κ1) is 38.3. The summed E-state index contributed by atoms with van der Waals surface area (Å²) in [5.41, 5.74) is 1.25. The molecule has 2 aromatic carbocycles. The van der Waals surface area contributed by atoms with Gasteiger partial charge in [0.15, 0.2) is 0 Å². The summed E-state index contributed by atoms with van der Waals surface area (Å²) < 4.78 is 5.74. The van der Waals surface area contributed by atoms with Gasteiger partial charge in [-0.1, -0.05) is 55.5 Å². The molecule has 15 nitrogen and oxygen atoms in total. The van der Waals surface area contributed by atoms with Gasteiger partial charge in [0.2, 0.25) is 29.5 Å². The largest absolute Gasteiger partial charge is 0.461 e. The van der Waals surface area contributed by atoms with E-state index in [1.165, 1.54) is 14.7 Å². The number of urea groups is 1. The van der Waals surface area contributed by atoms with Gasteiger partial charge in [0.05, 0.1) is 0 Å². The van der Waals surface area contributed by atoms with Crippen LogP contribution < -0.4 is 21.3 Å². The fraction of sp³-hybridized carbons (Fsp3) is 0.513. The lowest BCUT2D eigenvalue weighted by Crippen LogP contribution is -2.62. The van der Waals surface area contributed by atoms with Crippen molar-refractivity contribution in [1.29, 1.82) is 0 Å². The number of anilines is 1. The first-order valence-electron chi connectivity index (χ1n) is 18.9. The van der Waals surface area contributed by atoms with Gasteiger partial charge in [-0.2, -0.15) is 0 Å². The van der Waals surface area contributed by atoms with Crippen molar-refractivity contribution in [3.8, 4) is 0 Å². The molecule has 0 aliphatic carbocycles. The summed E-state index contributed by atoms with van der Waals surface area (Å²) in [7, 11) is 0. The van der Waals surface area contributed by atoms with E-state index in [-0.39, 0.29) is 31.3 Å². The number of para-hydroxylation sites is 1. The van der Waals surface area contributed by atoms with Crippen LogP contribution in [0.1, 0.15) is 57.9 Å². The number of rotatable bonds is 6. The molecule has 0 saturated carbocycles. The van der Waals surface area contributed by atoms with E-state index in [0.717, 1.165) is 5.56 Å². The number of ether oxygens (including phenoxy) is 1. The summed E-state index contributed by atoms with van der Waals surface area (Å²) in [4.78, 5) is 101. The third-order valence-electron chi connectivity index (χ3n) is 10.6. The fourth-order valence-corrected chi connectivity index (χ4v) is 7.89. The number of hydrogen-bond donors (Lipinski definition) is 4. The number of hydrogen-bond acceptors (Lipinski definition) is 8. The lowest BCUT2D eigenvalue weighted by Gasteiger charge is -2.39. The van der Waals surface area contributed by atoms with E-state index < -0.39 is 78.5 Å². The van der Waals surface area contributed by atoms with Crippen LogP contribution in [-0.4, -0.2) is 119 Å². The van der Waals surface area contributed by atoms with Crippen LogP contribution in [-0.2, 0) is 39.9 Å². The highest BCUT2D eigenvalue weighted by Crippen LogP contribution is 2.28. The zero-order valence-electron chi connectivity index (χ0n) is 30.7. The number of amides is 7. The van der Waals surface area contributed by atoms with E-state index in [2.05, 4.69) is 21.3 Å². The van der Waals surface area contributed by atoms with Gasteiger partial charge in [0.25, 0.3) is 0 Å². The van der Waals surface area contributed by atoms with Gasteiger partial charge in [-0.05, 0) is 69.1 Å². The molecule has 7 atom stereocenters. The van der Waals surface area contributed by atoms with E-state index in [1.54, 1.807) is 61.5 Å². The predicted molar refractivity (Wildman–Crippen MR) is 196 cm³/mol. The standard InChI is InChI=1S/C39H49N7O8/c1-24-20-32-38(52)54-23-29(42-33(47)28(21-26-12-5-3-6-13-26)43-39(53)41-27-14-7-4-8-15-27)36(50)45-19-11-17-31(45)37(51)44-18-10-9-16-30(44)34(48)40-25(2)35(49)46(32)22-24/h3-8,12-15,24-25,28-32H,9-11,16-23H2,1-2H3,(H,40,48)(H,42,47)(H2,41,43,53)/t24-,25+,28+,29+,30+,31+,32+/m1/s1. The highest BCUT2D eigenvalue weighted by Gasteiger charge is 2.46. The third-order valence-corrected chi connectivity index (χ3v) is 10.6. The smallest absolute Gasteiger partial charge is 0.328 e. The molecule has 4 N–H and O–H groups in total. The molecule has 6 rings (SSSR count). The van der Waals surface area contributed by atoms with E-state index in [4.69, 9.17) is 4.74 Å². The zero-order valence-corrected chi connectivity index (χ0v) is 30.7. The Bertz CT molecular complexity index is 1730. The van der Waals surface area contributed by atoms with Crippen molar-refractivity contribution >= 4 is 47.2 Å². The maximum Gasteiger partial charge on any atom is 0.328 e. The molecule has 2 aromatic rings. The summed E-state index contributed by atoms with van der Waals surface area (Å²) in [6.45, 7) is 3.69. The predicted octanol–water partition coefficient (Wildman–Crippen LogP) is 1.57. The highest BCUT2D eigenvalue weighted by molar-refractivity contribution is 5.98. The van der Waals surface area contributed by atoms with Crippen LogP contribution in [0.2, 0.25) is 0 Å². The number of piperidine rings is 1. The molecule has 0 spiro atoms. The van der Waals surface area contributed by atoms with E-state index in [0.29, 0.717) is 50.8 Å². The lowest BCUT2D eigenvalue weighted by atomic mass is 9.99. The molecular formula is C39H49N7O8. The molecule has 4 aliphatic heterocycles. The maximum atomic E-state index is 14.5. The quantitative estimate of drug-likeness (QED) is 0.321. The maximum absolute atomic E-state index is 14.5. The number of cyclic esters (lactones) is 1.